The number of benzene rings is 1. The Kier molecular flexibility index (Phi) is 4.75. The lowest BCUT2D eigenvalue weighted by Gasteiger charge is -2.16. The van der Waals surface area contributed by atoms with E-state index in [0.29, 0.717) is 27.8 Å². The molecule has 8 heteroatoms. The van der Waals surface area contributed by atoms with Crippen molar-refractivity contribution >= 4 is 34.0 Å². The van der Waals surface area contributed by atoms with Crippen LogP contribution in [0, 0.1) is 5.92 Å². The Hall–Kier alpha value is -2.45. The molecule has 4 aromatic rings. The highest BCUT2D eigenvalue weighted by Gasteiger charge is 2.22. The van der Waals surface area contributed by atoms with Crippen LogP contribution in [-0.2, 0) is 12.8 Å². The van der Waals surface area contributed by atoms with Gasteiger partial charge in [0, 0.05) is 4.88 Å². The van der Waals surface area contributed by atoms with Crippen molar-refractivity contribution in [3.63, 3.8) is 0 Å². The van der Waals surface area contributed by atoms with E-state index in [0.717, 1.165) is 23.6 Å². The topological polar surface area (TPSA) is 84.7 Å². The van der Waals surface area contributed by atoms with E-state index >= 15 is 0 Å². The summed E-state index contributed by atoms with van der Waals surface area (Å²) in [5, 5.41) is 9.38. The molecule has 1 aliphatic carbocycles. The molecule has 1 aliphatic rings. The zero-order valence-electron chi connectivity index (χ0n) is 16.1. The predicted molar refractivity (Wildman–Crippen MR) is 115 cm³/mol. The van der Waals surface area contributed by atoms with Crippen molar-refractivity contribution in [3.05, 3.63) is 57.0 Å². The Labute approximate surface area is 175 Å². The summed E-state index contributed by atoms with van der Waals surface area (Å²) >= 11 is 3.15. The Bertz CT molecular complexity index is 1240. The number of rotatable bonds is 4. The summed E-state index contributed by atoms with van der Waals surface area (Å²) in [4.78, 5) is 22.2. The highest BCUT2D eigenvalue weighted by molar-refractivity contribution is 7.99. The van der Waals surface area contributed by atoms with Crippen LogP contribution in [0.2, 0.25) is 0 Å². The molecule has 2 atom stereocenters. The third-order valence-corrected chi connectivity index (χ3v) is 7.41. The van der Waals surface area contributed by atoms with Gasteiger partial charge in [-0.25, -0.2) is 4.98 Å². The highest BCUT2D eigenvalue weighted by atomic mass is 32.2. The third kappa shape index (κ3) is 3.62. The molecule has 0 amide bonds. The summed E-state index contributed by atoms with van der Waals surface area (Å²) in [6.45, 7) is 4.26. The van der Waals surface area contributed by atoms with Gasteiger partial charge >= 0.3 is 0 Å². The summed E-state index contributed by atoms with van der Waals surface area (Å²) in [5.41, 5.74) is 1.97. The van der Waals surface area contributed by atoms with Crippen LogP contribution in [0.4, 0.5) is 0 Å². The SMILES string of the molecule is C[C@H]1CCc2sc(-c3nnc(S[C@H](C)c4nc5ccccc5c(=O)[nH]4)o3)cc2C1. The van der Waals surface area contributed by atoms with Crippen molar-refractivity contribution < 1.29 is 4.42 Å². The van der Waals surface area contributed by atoms with Crippen molar-refractivity contribution in [2.24, 2.45) is 5.92 Å². The van der Waals surface area contributed by atoms with Crippen molar-refractivity contribution in [3.8, 4) is 10.8 Å². The summed E-state index contributed by atoms with van der Waals surface area (Å²) in [7, 11) is 0. The molecule has 0 saturated heterocycles. The van der Waals surface area contributed by atoms with Crippen LogP contribution in [0.1, 0.15) is 41.8 Å². The molecule has 0 radical (unpaired) electrons. The van der Waals surface area contributed by atoms with Gasteiger partial charge in [0.2, 0.25) is 0 Å². The highest BCUT2D eigenvalue weighted by Crippen LogP contribution is 2.39. The molecule has 1 N–H and O–H groups in total. The maximum atomic E-state index is 12.3. The summed E-state index contributed by atoms with van der Waals surface area (Å²) in [6, 6.07) is 9.52. The van der Waals surface area contributed by atoms with E-state index < -0.39 is 0 Å². The number of nitrogens with one attached hydrogen (secondary N) is 1. The molecule has 0 fully saturated rings. The van der Waals surface area contributed by atoms with E-state index in [1.807, 2.05) is 25.1 Å². The van der Waals surface area contributed by atoms with Gasteiger partial charge in [-0.2, -0.15) is 0 Å². The maximum absolute atomic E-state index is 12.3. The molecule has 0 spiro atoms. The molecule has 0 aliphatic heterocycles. The normalized spacial score (nSPS) is 17.4. The minimum atomic E-state index is -0.136. The Balaban J connectivity index is 1.37. The standard InChI is InChI=1S/C21H20N4O2S2/c1-11-7-8-16-13(9-11)10-17(29-16)20-24-25-21(27-20)28-12(2)18-22-15-6-4-3-5-14(15)19(26)23-18/h3-6,10-12H,7-9H2,1-2H3,(H,22,23,26)/t11-,12+/m0/s1. The van der Waals surface area contributed by atoms with Gasteiger partial charge in [0.15, 0.2) is 0 Å². The number of thiophene rings is 1. The van der Waals surface area contributed by atoms with Crippen LogP contribution in [0.25, 0.3) is 21.7 Å². The van der Waals surface area contributed by atoms with Gasteiger partial charge in [0.1, 0.15) is 5.82 Å². The first-order valence-corrected chi connectivity index (χ1v) is 11.4. The monoisotopic (exact) mass is 424 g/mol. The number of aromatic amines is 1. The number of hydrogen-bond donors (Lipinski definition) is 1. The summed E-state index contributed by atoms with van der Waals surface area (Å²) in [6.07, 6.45) is 3.50. The van der Waals surface area contributed by atoms with Crippen molar-refractivity contribution in [1.82, 2.24) is 20.2 Å². The number of aromatic nitrogens is 4. The lowest BCUT2D eigenvalue weighted by molar-refractivity contribution is 0.465. The lowest BCUT2D eigenvalue weighted by atomic mass is 9.90. The molecule has 148 valence electrons. The molecule has 5 rings (SSSR count). The Morgan fingerprint density at radius 1 is 1.31 bits per heavy atom. The van der Waals surface area contributed by atoms with Gasteiger partial charge in [-0.15, -0.1) is 21.5 Å². The zero-order chi connectivity index (χ0) is 20.0. The second-order valence-electron chi connectivity index (χ2n) is 7.51. The van der Waals surface area contributed by atoms with Crippen LogP contribution in [0.3, 0.4) is 0 Å². The number of hydrogen-bond acceptors (Lipinski definition) is 7. The Morgan fingerprint density at radius 3 is 3.07 bits per heavy atom. The van der Waals surface area contributed by atoms with Crippen LogP contribution in [0.5, 0.6) is 0 Å². The third-order valence-electron chi connectivity index (χ3n) is 5.24. The molecule has 3 heterocycles. The van der Waals surface area contributed by atoms with Gasteiger partial charge < -0.3 is 9.40 Å². The second kappa shape index (κ2) is 7.42. The quantitative estimate of drug-likeness (QED) is 0.464. The lowest BCUT2D eigenvalue weighted by Crippen LogP contribution is -2.12. The molecule has 29 heavy (non-hydrogen) atoms. The first kappa shape index (κ1) is 18.6. The van der Waals surface area contributed by atoms with E-state index in [1.54, 1.807) is 17.4 Å². The fourth-order valence-corrected chi connectivity index (χ4v) is 5.54. The molecule has 1 aromatic carbocycles. The van der Waals surface area contributed by atoms with E-state index in [1.165, 1.54) is 28.6 Å². The number of H-pyrrole nitrogens is 1. The number of para-hydroxylation sites is 1. The molecule has 6 nitrogen and oxygen atoms in total. The van der Waals surface area contributed by atoms with E-state index in [2.05, 4.69) is 33.2 Å². The van der Waals surface area contributed by atoms with Crippen LogP contribution in [-0.4, -0.2) is 20.2 Å². The number of aryl methyl sites for hydroxylation is 1. The minimum Gasteiger partial charge on any atom is -0.410 e. The van der Waals surface area contributed by atoms with Crippen LogP contribution in [0.15, 0.2) is 44.8 Å². The van der Waals surface area contributed by atoms with E-state index in [9.17, 15) is 4.79 Å². The maximum Gasteiger partial charge on any atom is 0.277 e. The summed E-state index contributed by atoms with van der Waals surface area (Å²) < 4.78 is 5.92. The van der Waals surface area contributed by atoms with Gasteiger partial charge in [-0.3, -0.25) is 4.79 Å². The fraction of sp³-hybridized carbons (Fsp3) is 0.333. The Morgan fingerprint density at radius 2 is 2.17 bits per heavy atom. The molecule has 0 bridgehead atoms. The number of nitrogens with zero attached hydrogens (tertiary/aromatic N) is 3. The average molecular weight is 425 g/mol. The molecule has 0 saturated carbocycles. The zero-order valence-corrected chi connectivity index (χ0v) is 17.8. The van der Waals surface area contributed by atoms with Gasteiger partial charge in [-0.05, 0) is 55.9 Å². The fourth-order valence-electron chi connectivity index (χ4n) is 3.67. The first-order valence-electron chi connectivity index (χ1n) is 9.68. The molecule has 0 unspecified atom stereocenters. The van der Waals surface area contributed by atoms with Gasteiger partial charge in [0.25, 0.3) is 16.7 Å². The molecular formula is C21H20N4O2S2. The molecular weight excluding hydrogens is 404 g/mol. The van der Waals surface area contributed by atoms with Crippen molar-refractivity contribution in [2.45, 2.75) is 43.6 Å². The summed E-state index contributed by atoms with van der Waals surface area (Å²) in [5.74, 6) is 1.89. The first-order chi connectivity index (χ1) is 14.1. The van der Waals surface area contributed by atoms with Crippen LogP contribution >= 0.6 is 23.1 Å². The molecule has 3 aromatic heterocycles. The second-order valence-corrected chi connectivity index (χ2v) is 9.94. The smallest absolute Gasteiger partial charge is 0.277 e. The van der Waals surface area contributed by atoms with E-state index in [4.69, 9.17) is 4.42 Å². The van der Waals surface area contributed by atoms with Crippen molar-refractivity contribution in [2.75, 3.05) is 0 Å². The van der Waals surface area contributed by atoms with Crippen molar-refractivity contribution in [1.29, 1.82) is 0 Å². The predicted octanol–water partition coefficient (Wildman–Crippen LogP) is 5.01. The average Bonchev–Trinajstić information content (AvgIpc) is 3.34. The number of thioether (sulfide) groups is 1. The minimum absolute atomic E-state index is 0.127. The van der Waals surface area contributed by atoms with Gasteiger partial charge in [0.05, 0.1) is 21.0 Å². The van der Waals surface area contributed by atoms with E-state index in [-0.39, 0.29) is 10.8 Å². The largest absolute Gasteiger partial charge is 0.410 e. The van der Waals surface area contributed by atoms with Crippen LogP contribution < -0.4 is 5.56 Å². The number of fused-ring (bicyclic) bond motifs is 2. The van der Waals surface area contributed by atoms with Gasteiger partial charge in [-0.1, -0.05) is 30.8 Å².